The number of fused-ring (bicyclic) bond motifs is 1. The largest absolute Gasteiger partial charge is 0.486 e. The monoisotopic (exact) mass is 423 g/mol. The zero-order valence-corrected chi connectivity index (χ0v) is 18.6. The van der Waals surface area contributed by atoms with E-state index >= 15 is 0 Å². The first-order valence-electron chi connectivity index (χ1n) is 11.5. The second-order valence-corrected chi connectivity index (χ2v) is 8.51. The first-order valence-corrected chi connectivity index (χ1v) is 11.5. The lowest BCUT2D eigenvalue weighted by Crippen LogP contribution is -2.30. The molecule has 31 heavy (non-hydrogen) atoms. The summed E-state index contributed by atoms with van der Waals surface area (Å²) >= 11 is 0. The van der Waals surface area contributed by atoms with Gasteiger partial charge in [0.15, 0.2) is 11.5 Å². The van der Waals surface area contributed by atoms with Gasteiger partial charge >= 0.3 is 5.97 Å². The van der Waals surface area contributed by atoms with Crippen LogP contribution in [0.25, 0.3) is 0 Å². The Morgan fingerprint density at radius 3 is 2.74 bits per heavy atom. The van der Waals surface area contributed by atoms with E-state index in [4.69, 9.17) is 14.2 Å². The van der Waals surface area contributed by atoms with Gasteiger partial charge in [0, 0.05) is 24.1 Å². The normalized spacial score (nSPS) is 21.0. The number of esters is 1. The Bertz CT molecular complexity index is 879. The van der Waals surface area contributed by atoms with Gasteiger partial charge in [0.25, 0.3) is 0 Å². The van der Waals surface area contributed by atoms with E-state index in [1.165, 1.54) is 29.5 Å². The van der Waals surface area contributed by atoms with Crippen LogP contribution >= 0.6 is 0 Å². The van der Waals surface area contributed by atoms with Gasteiger partial charge in [0.1, 0.15) is 13.2 Å². The Balaban J connectivity index is 1.31. The van der Waals surface area contributed by atoms with Gasteiger partial charge in [-0.3, -0.25) is 4.79 Å². The number of para-hydroxylation sites is 1. The molecule has 1 aliphatic carbocycles. The van der Waals surface area contributed by atoms with Crippen molar-refractivity contribution in [1.29, 1.82) is 0 Å². The third-order valence-corrected chi connectivity index (χ3v) is 6.36. The first-order chi connectivity index (χ1) is 15.1. The molecule has 1 saturated carbocycles. The number of benzene rings is 2. The molecule has 1 heterocycles. The van der Waals surface area contributed by atoms with Crippen molar-refractivity contribution in [3.63, 3.8) is 0 Å². The molecule has 0 amide bonds. The van der Waals surface area contributed by atoms with Crippen molar-refractivity contribution >= 4 is 5.97 Å². The smallest absolute Gasteiger partial charge is 0.306 e. The summed E-state index contributed by atoms with van der Waals surface area (Å²) in [5.41, 5.74) is 3.76. The number of nitrogens with one attached hydrogen (secondary N) is 1. The van der Waals surface area contributed by atoms with E-state index in [-0.39, 0.29) is 12.0 Å². The van der Waals surface area contributed by atoms with E-state index in [0.717, 1.165) is 24.3 Å². The van der Waals surface area contributed by atoms with Crippen molar-refractivity contribution in [3.8, 4) is 11.5 Å². The number of carbonyl (C=O) groups is 1. The molecule has 3 atom stereocenters. The minimum atomic E-state index is -0.123. The number of rotatable bonds is 8. The molecule has 0 spiro atoms. The highest BCUT2D eigenvalue weighted by Crippen LogP contribution is 2.39. The minimum absolute atomic E-state index is 0.123. The van der Waals surface area contributed by atoms with Crippen LogP contribution in [0, 0.1) is 0 Å². The molecule has 1 aliphatic heterocycles. The van der Waals surface area contributed by atoms with Gasteiger partial charge in [0.2, 0.25) is 0 Å². The molecule has 5 nitrogen and oxygen atoms in total. The van der Waals surface area contributed by atoms with Crippen molar-refractivity contribution in [2.75, 3.05) is 19.8 Å². The molecule has 0 aromatic heterocycles. The SMILES string of the molecule is CCOC(=O)CCc1ccc(C2CCC(NC(C)c3cccc4c3OCCO4)C2)cc1. The van der Waals surface area contributed by atoms with E-state index in [2.05, 4.69) is 42.6 Å². The van der Waals surface area contributed by atoms with Crippen LogP contribution in [0.2, 0.25) is 0 Å². The molecule has 1 N–H and O–H groups in total. The highest BCUT2D eigenvalue weighted by Gasteiger charge is 2.28. The van der Waals surface area contributed by atoms with Crippen molar-refractivity contribution in [2.24, 2.45) is 0 Å². The number of hydrogen-bond acceptors (Lipinski definition) is 5. The van der Waals surface area contributed by atoms with Crippen molar-refractivity contribution < 1.29 is 19.0 Å². The van der Waals surface area contributed by atoms with E-state index in [1.807, 2.05) is 19.1 Å². The standard InChI is InChI=1S/C26H33NO4/c1-3-29-25(28)14-9-19-7-10-20(11-8-19)21-12-13-22(17-21)27-18(2)23-5-4-6-24-26(23)31-16-15-30-24/h4-8,10-11,18,21-22,27H,3,9,12-17H2,1-2H3. The fourth-order valence-corrected chi connectivity index (χ4v) is 4.75. The molecule has 2 aliphatic rings. The van der Waals surface area contributed by atoms with Gasteiger partial charge in [-0.25, -0.2) is 0 Å². The maximum atomic E-state index is 11.6. The topological polar surface area (TPSA) is 56.8 Å². The number of ether oxygens (including phenoxy) is 3. The van der Waals surface area contributed by atoms with E-state index in [9.17, 15) is 4.79 Å². The summed E-state index contributed by atoms with van der Waals surface area (Å²) in [5, 5.41) is 3.81. The van der Waals surface area contributed by atoms with Gasteiger partial charge in [-0.2, -0.15) is 0 Å². The van der Waals surface area contributed by atoms with Crippen LogP contribution < -0.4 is 14.8 Å². The zero-order chi connectivity index (χ0) is 21.6. The van der Waals surface area contributed by atoms with Crippen molar-refractivity contribution in [2.45, 2.75) is 64.0 Å². The molecule has 0 bridgehead atoms. The molecule has 166 valence electrons. The summed E-state index contributed by atoms with van der Waals surface area (Å²) in [6, 6.07) is 15.6. The molecule has 1 fully saturated rings. The molecule has 2 aromatic rings. The predicted octanol–water partition coefficient (Wildman–Crippen LogP) is 4.94. The lowest BCUT2D eigenvalue weighted by Gasteiger charge is -2.26. The van der Waals surface area contributed by atoms with E-state index in [1.54, 1.807) is 0 Å². The second kappa shape index (κ2) is 10.2. The summed E-state index contributed by atoms with van der Waals surface area (Å²) in [5.74, 6) is 2.20. The molecule has 0 radical (unpaired) electrons. The first kappa shape index (κ1) is 21.7. The number of carbonyl (C=O) groups excluding carboxylic acids is 1. The van der Waals surface area contributed by atoms with E-state index in [0.29, 0.717) is 38.2 Å². The van der Waals surface area contributed by atoms with Gasteiger partial charge in [-0.15, -0.1) is 0 Å². The van der Waals surface area contributed by atoms with Gasteiger partial charge in [-0.05, 0) is 62.6 Å². The minimum Gasteiger partial charge on any atom is -0.486 e. The average molecular weight is 424 g/mol. The summed E-state index contributed by atoms with van der Waals surface area (Å²) in [7, 11) is 0. The summed E-state index contributed by atoms with van der Waals surface area (Å²) in [6.07, 6.45) is 4.68. The van der Waals surface area contributed by atoms with Crippen LogP contribution in [-0.4, -0.2) is 31.8 Å². The molecule has 0 saturated heterocycles. The lowest BCUT2D eigenvalue weighted by molar-refractivity contribution is -0.143. The van der Waals surface area contributed by atoms with Gasteiger partial charge < -0.3 is 19.5 Å². The predicted molar refractivity (Wildman–Crippen MR) is 121 cm³/mol. The van der Waals surface area contributed by atoms with Crippen LogP contribution in [0.15, 0.2) is 42.5 Å². The Labute approximate surface area is 185 Å². The Morgan fingerprint density at radius 1 is 1.13 bits per heavy atom. The highest BCUT2D eigenvalue weighted by atomic mass is 16.6. The molecular formula is C26H33NO4. The van der Waals surface area contributed by atoms with Crippen LogP contribution in [0.1, 0.15) is 68.2 Å². The third-order valence-electron chi connectivity index (χ3n) is 6.36. The molecule has 2 aromatic carbocycles. The lowest BCUT2D eigenvalue weighted by atomic mass is 9.95. The van der Waals surface area contributed by atoms with Gasteiger partial charge in [0.05, 0.1) is 6.61 Å². The molecular weight excluding hydrogens is 390 g/mol. The maximum Gasteiger partial charge on any atom is 0.306 e. The number of hydrogen-bond donors (Lipinski definition) is 1. The van der Waals surface area contributed by atoms with E-state index < -0.39 is 0 Å². The van der Waals surface area contributed by atoms with Crippen LogP contribution in [0.4, 0.5) is 0 Å². The fraction of sp³-hybridized carbons (Fsp3) is 0.500. The maximum absolute atomic E-state index is 11.6. The quantitative estimate of drug-likeness (QED) is 0.610. The van der Waals surface area contributed by atoms with Crippen LogP contribution in [0.3, 0.4) is 0 Å². The molecule has 4 rings (SSSR count). The highest BCUT2D eigenvalue weighted by molar-refractivity contribution is 5.69. The Kier molecular flexibility index (Phi) is 7.13. The van der Waals surface area contributed by atoms with Crippen LogP contribution in [-0.2, 0) is 16.0 Å². The molecule has 3 unspecified atom stereocenters. The Hall–Kier alpha value is -2.53. The second-order valence-electron chi connectivity index (χ2n) is 8.51. The van der Waals surface area contributed by atoms with Crippen molar-refractivity contribution in [3.05, 3.63) is 59.2 Å². The molecule has 5 heteroatoms. The summed E-state index contributed by atoms with van der Waals surface area (Å²) in [4.78, 5) is 11.6. The Morgan fingerprint density at radius 2 is 1.94 bits per heavy atom. The number of aryl methyl sites for hydroxylation is 1. The average Bonchev–Trinajstić information content (AvgIpc) is 3.26. The third kappa shape index (κ3) is 5.40. The summed E-state index contributed by atoms with van der Waals surface area (Å²) in [6.45, 7) is 5.72. The van der Waals surface area contributed by atoms with Crippen molar-refractivity contribution in [1.82, 2.24) is 5.32 Å². The van der Waals surface area contributed by atoms with Gasteiger partial charge in [-0.1, -0.05) is 36.4 Å². The fourth-order valence-electron chi connectivity index (χ4n) is 4.75. The van der Waals surface area contributed by atoms with Crippen LogP contribution in [0.5, 0.6) is 11.5 Å². The zero-order valence-electron chi connectivity index (χ0n) is 18.6. The summed E-state index contributed by atoms with van der Waals surface area (Å²) < 4.78 is 16.6.